The van der Waals surface area contributed by atoms with Crippen molar-refractivity contribution in [2.45, 2.75) is 16.7 Å². The molecule has 41 heavy (non-hydrogen) atoms. The molecule has 0 bridgehead atoms. The highest BCUT2D eigenvalue weighted by Crippen LogP contribution is 2.28. The monoisotopic (exact) mass is 566 g/mol. The van der Waals surface area contributed by atoms with Crippen molar-refractivity contribution in [1.82, 2.24) is 0 Å². The number of carboxylic acid groups (broad SMARTS) is 1. The van der Waals surface area contributed by atoms with Gasteiger partial charge in [-0.05, 0) is 85.3 Å². The maximum absolute atomic E-state index is 13.7. The normalized spacial score (nSPS) is 10.4. The quantitative estimate of drug-likeness (QED) is 0.311. The summed E-state index contributed by atoms with van der Waals surface area (Å²) in [5.74, 6) is 12.7. The Kier molecular flexibility index (Phi) is 8.98. The van der Waals surface area contributed by atoms with Crippen LogP contribution in [0.1, 0.15) is 27.8 Å². The van der Waals surface area contributed by atoms with E-state index in [-0.39, 0.29) is 15.5 Å². The first-order valence-electron chi connectivity index (χ1n) is 12.4. The molecule has 0 heterocycles. The molecule has 0 saturated heterocycles. The van der Waals surface area contributed by atoms with E-state index in [4.69, 9.17) is 19.3 Å². The van der Waals surface area contributed by atoms with Gasteiger partial charge in [-0.2, -0.15) is 0 Å². The van der Waals surface area contributed by atoms with Gasteiger partial charge in [-0.3, -0.25) is 0 Å². The Morgan fingerprint density at radius 3 is 1.73 bits per heavy atom. The number of aryl methyl sites for hydroxylation is 1. The molecule has 206 valence electrons. The van der Waals surface area contributed by atoms with Crippen LogP contribution in [0.5, 0.6) is 17.2 Å². The first-order chi connectivity index (χ1) is 19.7. The summed E-state index contributed by atoms with van der Waals surface area (Å²) < 4.78 is 43.2. The second-order valence-electron chi connectivity index (χ2n) is 8.82. The summed E-state index contributed by atoms with van der Waals surface area (Å²) in [6, 6.07) is 23.5. The molecule has 7 nitrogen and oxygen atoms in total. The number of hydrogen-bond donors (Lipinski definition) is 1. The van der Waals surface area contributed by atoms with Crippen LogP contribution in [-0.2, 0) is 14.6 Å². The molecule has 4 aromatic rings. The average molecular weight is 567 g/mol. The second-order valence-corrected chi connectivity index (χ2v) is 10.8. The van der Waals surface area contributed by atoms with Gasteiger partial charge in [0.15, 0.2) is 6.61 Å². The summed E-state index contributed by atoms with van der Waals surface area (Å²) in [4.78, 5) is 10.9. The van der Waals surface area contributed by atoms with Crippen molar-refractivity contribution in [3.8, 4) is 40.9 Å². The Hall–Kier alpha value is -5.18. The molecule has 0 atom stereocenters. The molecule has 4 rings (SSSR count). The van der Waals surface area contributed by atoms with E-state index in [1.165, 1.54) is 30.3 Å². The predicted molar refractivity (Wildman–Crippen MR) is 154 cm³/mol. The maximum atomic E-state index is 13.7. The molecule has 0 aliphatic heterocycles. The fourth-order valence-electron chi connectivity index (χ4n) is 3.82. The standard InChI is InChI=1S/C33H26O7S/c1-23-16-30(14-15-32(23)40-22-33(34)35)41(36,37)31-20-26(12-10-24-6-4-8-28(18-24)38-2)17-27(21-31)13-11-25-7-5-9-29(19-25)39-3/h4-9,14-21H,22H2,1-3H3,(H,34,35). The molecular weight excluding hydrogens is 540 g/mol. The lowest BCUT2D eigenvalue weighted by Gasteiger charge is -2.11. The van der Waals surface area contributed by atoms with Gasteiger partial charge in [-0.1, -0.05) is 35.8 Å². The predicted octanol–water partition coefficient (Wildman–Crippen LogP) is 5.11. The Morgan fingerprint density at radius 1 is 0.707 bits per heavy atom. The Labute approximate surface area is 239 Å². The van der Waals surface area contributed by atoms with E-state index in [2.05, 4.69) is 23.7 Å². The summed E-state index contributed by atoms with van der Waals surface area (Å²) in [6.07, 6.45) is 0. The minimum Gasteiger partial charge on any atom is -0.497 e. The van der Waals surface area contributed by atoms with Crippen molar-refractivity contribution in [3.05, 3.63) is 113 Å². The third-order valence-electron chi connectivity index (χ3n) is 5.87. The van der Waals surface area contributed by atoms with E-state index in [0.29, 0.717) is 39.3 Å². The minimum absolute atomic E-state index is 0.0171. The first kappa shape index (κ1) is 28.8. The number of methoxy groups -OCH3 is 2. The third-order valence-corrected chi connectivity index (χ3v) is 7.60. The van der Waals surface area contributed by atoms with Gasteiger partial charge in [0.05, 0.1) is 24.0 Å². The van der Waals surface area contributed by atoms with Crippen LogP contribution in [0.25, 0.3) is 0 Å². The lowest BCUT2D eigenvalue weighted by Crippen LogP contribution is -2.10. The molecule has 0 spiro atoms. The fraction of sp³-hybridized carbons (Fsp3) is 0.121. The van der Waals surface area contributed by atoms with Crippen molar-refractivity contribution >= 4 is 15.8 Å². The molecule has 0 unspecified atom stereocenters. The van der Waals surface area contributed by atoms with Crippen LogP contribution in [0.3, 0.4) is 0 Å². The molecule has 8 heteroatoms. The summed E-state index contributed by atoms with van der Waals surface area (Å²) in [5.41, 5.74) is 2.81. The van der Waals surface area contributed by atoms with Gasteiger partial charge in [0, 0.05) is 22.3 Å². The number of carboxylic acids is 1. The highest BCUT2D eigenvalue weighted by Gasteiger charge is 2.20. The van der Waals surface area contributed by atoms with Crippen molar-refractivity contribution in [3.63, 3.8) is 0 Å². The van der Waals surface area contributed by atoms with Crippen molar-refractivity contribution in [2.75, 3.05) is 20.8 Å². The van der Waals surface area contributed by atoms with Crippen LogP contribution < -0.4 is 14.2 Å². The topological polar surface area (TPSA) is 99.1 Å². The van der Waals surface area contributed by atoms with Gasteiger partial charge in [0.1, 0.15) is 17.2 Å². The van der Waals surface area contributed by atoms with Crippen molar-refractivity contribution in [1.29, 1.82) is 0 Å². The largest absolute Gasteiger partial charge is 0.497 e. The number of hydrogen-bond acceptors (Lipinski definition) is 6. The van der Waals surface area contributed by atoms with Crippen LogP contribution in [-0.4, -0.2) is 40.3 Å². The fourth-order valence-corrected chi connectivity index (χ4v) is 5.23. The zero-order valence-electron chi connectivity index (χ0n) is 22.6. The van der Waals surface area contributed by atoms with E-state index in [1.54, 1.807) is 39.3 Å². The van der Waals surface area contributed by atoms with E-state index in [9.17, 15) is 13.2 Å². The molecule has 4 aromatic carbocycles. The SMILES string of the molecule is COc1cccc(C#Cc2cc(C#Cc3cccc(OC)c3)cc(S(=O)(=O)c3ccc(OCC(=O)O)c(C)c3)c2)c1. The molecule has 0 aliphatic rings. The molecule has 0 radical (unpaired) electrons. The maximum Gasteiger partial charge on any atom is 0.341 e. The lowest BCUT2D eigenvalue weighted by atomic mass is 10.1. The Morgan fingerprint density at radius 2 is 1.24 bits per heavy atom. The van der Waals surface area contributed by atoms with Gasteiger partial charge in [0.25, 0.3) is 0 Å². The number of ether oxygens (including phenoxy) is 3. The number of carbonyl (C=O) groups is 1. The van der Waals surface area contributed by atoms with Gasteiger partial charge < -0.3 is 19.3 Å². The van der Waals surface area contributed by atoms with Gasteiger partial charge in [0.2, 0.25) is 9.84 Å². The first-order valence-corrected chi connectivity index (χ1v) is 13.8. The number of sulfone groups is 1. The lowest BCUT2D eigenvalue weighted by molar-refractivity contribution is -0.139. The highest BCUT2D eigenvalue weighted by molar-refractivity contribution is 7.91. The molecule has 0 aliphatic carbocycles. The molecular formula is C33H26O7S. The second kappa shape index (κ2) is 12.8. The Balaban J connectivity index is 1.78. The number of aliphatic carboxylic acids is 1. The van der Waals surface area contributed by atoms with Gasteiger partial charge in [-0.15, -0.1) is 0 Å². The molecule has 0 amide bonds. The third kappa shape index (κ3) is 7.48. The van der Waals surface area contributed by atoms with Crippen LogP contribution >= 0.6 is 0 Å². The van der Waals surface area contributed by atoms with Crippen LogP contribution in [0.4, 0.5) is 0 Å². The average Bonchev–Trinajstić information content (AvgIpc) is 2.98. The van der Waals surface area contributed by atoms with E-state index in [1.807, 2.05) is 36.4 Å². The van der Waals surface area contributed by atoms with E-state index >= 15 is 0 Å². The summed E-state index contributed by atoms with van der Waals surface area (Å²) in [6.45, 7) is 1.12. The summed E-state index contributed by atoms with van der Waals surface area (Å²) in [5, 5.41) is 8.88. The van der Waals surface area contributed by atoms with E-state index in [0.717, 1.165) is 0 Å². The number of benzene rings is 4. The van der Waals surface area contributed by atoms with Gasteiger partial charge in [-0.25, -0.2) is 13.2 Å². The van der Waals surface area contributed by atoms with E-state index < -0.39 is 22.4 Å². The molecule has 0 fully saturated rings. The molecule has 0 saturated carbocycles. The van der Waals surface area contributed by atoms with Crippen molar-refractivity contribution in [2.24, 2.45) is 0 Å². The molecule has 0 aromatic heterocycles. The zero-order valence-corrected chi connectivity index (χ0v) is 23.4. The Bertz CT molecular complexity index is 1750. The highest BCUT2D eigenvalue weighted by atomic mass is 32.2. The summed E-state index contributed by atoms with van der Waals surface area (Å²) in [7, 11) is -0.849. The van der Waals surface area contributed by atoms with Crippen molar-refractivity contribution < 1.29 is 32.5 Å². The van der Waals surface area contributed by atoms with Gasteiger partial charge >= 0.3 is 5.97 Å². The zero-order chi connectivity index (χ0) is 29.4. The minimum atomic E-state index is -3.99. The number of rotatable bonds is 7. The smallest absolute Gasteiger partial charge is 0.341 e. The summed E-state index contributed by atoms with van der Waals surface area (Å²) >= 11 is 0. The van der Waals surface area contributed by atoms with Crippen LogP contribution in [0.15, 0.2) is 94.7 Å². The van der Waals surface area contributed by atoms with Crippen LogP contribution in [0, 0.1) is 30.6 Å². The molecule has 1 N–H and O–H groups in total. The van der Waals surface area contributed by atoms with Crippen LogP contribution in [0.2, 0.25) is 0 Å².